The summed E-state index contributed by atoms with van der Waals surface area (Å²) in [6, 6.07) is 7.83. The van der Waals surface area contributed by atoms with Crippen LogP contribution in [0.2, 0.25) is 0 Å². The molecule has 1 aromatic carbocycles. The second kappa shape index (κ2) is 7.00. The zero-order chi connectivity index (χ0) is 16.2. The number of aryl methyl sites for hydroxylation is 1. The number of nitrogens with one attached hydrogen (secondary N) is 2. The summed E-state index contributed by atoms with van der Waals surface area (Å²) >= 11 is 1.67. The van der Waals surface area contributed by atoms with Crippen molar-refractivity contribution in [2.24, 2.45) is 0 Å². The van der Waals surface area contributed by atoms with E-state index in [0.29, 0.717) is 13.1 Å². The van der Waals surface area contributed by atoms with Crippen LogP contribution in [0.15, 0.2) is 30.5 Å². The van der Waals surface area contributed by atoms with Gasteiger partial charge in [0.15, 0.2) is 0 Å². The molecule has 2 heterocycles. The summed E-state index contributed by atoms with van der Waals surface area (Å²) in [4.78, 5) is 17.5. The van der Waals surface area contributed by atoms with Gasteiger partial charge in [-0.15, -0.1) is 11.3 Å². The lowest BCUT2D eigenvalue weighted by molar-refractivity contribution is 0.213. The van der Waals surface area contributed by atoms with Crippen molar-refractivity contribution in [2.45, 2.75) is 32.3 Å². The Bertz CT molecular complexity index is 661. The van der Waals surface area contributed by atoms with Crippen molar-refractivity contribution in [3.05, 3.63) is 45.9 Å². The first-order chi connectivity index (χ1) is 11.1. The second-order valence-corrected chi connectivity index (χ2v) is 7.12. The number of carbonyl (C=O) groups is 1. The zero-order valence-electron chi connectivity index (χ0n) is 13.3. The van der Waals surface area contributed by atoms with Crippen molar-refractivity contribution in [1.29, 1.82) is 0 Å². The number of hydrogen-bond donors (Lipinski definition) is 2. The fourth-order valence-electron chi connectivity index (χ4n) is 2.57. The van der Waals surface area contributed by atoms with Crippen LogP contribution in [0.4, 0.5) is 4.79 Å². The summed E-state index contributed by atoms with van der Waals surface area (Å²) in [7, 11) is 0. The van der Waals surface area contributed by atoms with Gasteiger partial charge in [-0.1, -0.05) is 25.1 Å². The van der Waals surface area contributed by atoms with Gasteiger partial charge in [-0.3, -0.25) is 0 Å². The molecule has 2 aromatic rings. The first-order valence-corrected chi connectivity index (χ1v) is 8.62. The van der Waals surface area contributed by atoms with Crippen molar-refractivity contribution < 1.29 is 9.53 Å². The Hall–Kier alpha value is -2.08. The van der Waals surface area contributed by atoms with Crippen LogP contribution in [-0.2, 0) is 6.42 Å². The molecule has 6 heteroatoms. The van der Waals surface area contributed by atoms with E-state index < -0.39 is 0 Å². The largest absolute Gasteiger partial charge is 0.488 e. The summed E-state index contributed by atoms with van der Waals surface area (Å²) in [6.45, 7) is 5.18. The van der Waals surface area contributed by atoms with Crippen LogP contribution in [0.3, 0.4) is 0 Å². The molecule has 0 aliphatic carbocycles. The average Bonchev–Trinajstić information content (AvgIpc) is 3.16. The van der Waals surface area contributed by atoms with Crippen molar-refractivity contribution in [3.63, 3.8) is 0 Å². The van der Waals surface area contributed by atoms with Gasteiger partial charge in [0.05, 0.1) is 11.6 Å². The maximum Gasteiger partial charge on any atom is 0.314 e. The highest BCUT2D eigenvalue weighted by Crippen LogP contribution is 2.27. The number of ether oxygens (including phenoxy) is 1. The molecule has 0 unspecified atom stereocenters. The molecular formula is C17H21N3O2S. The summed E-state index contributed by atoms with van der Waals surface area (Å²) in [5, 5.41) is 6.83. The predicted molar refractivity (Wildman–Crippen MR) is 91.2 cm³/mol. The van der Waals surface area contributed by atoms with Crippen molar-refractivity contribution in [3.8, 4) is 5.75 Å². The molecule has 23 heavy (non-hydrogen) atoms. The number of thiazole rings is 1. The molecule has 1 aliphatic rings. The van der Waals surface area contributed by atoms with Gasteiger partial charge in [-0.2, -0.15) is 0 Å². The van der Waals surface area contributed by atoms with Crippen LogP contribution in [-0.4, -0.2) is 30.2 Å². The first-order valence-electron chi connectivity index (χ1n) is 7.80. The van der Waals surface area contributed by atoms with Crippen LogP contribution in [0, 0.1) is 6.92 Å². The van der Waals surface area contributed by atoms with E-state index in [1.165, 1.54) is 10.4 Å². The summed E-state index contributed by atoms with van der Waals surface area (Å²) in [6.07, 6.45) is 2.72. The normalized spacial score (nSPS) is 17.2. The van der Waals surface area contributed by atoms with E-state index in [2.05, 4.69) is 28.6 Å². The Morgan fingerprint density at radius 2 is 2.26 bits per heavy atom. The number of para-hydroxylation sites is 1. The summed E-state index contributed by atoms with van der Waals surface area (Å²) < 4.78 is 5.80. The fraction of sp³-hybridized carbons (Fsp3) is 0.412. The van der Waals surface area contributed by atoms with E-state index in [4.69, 9.17) is 4.74 Å². The molecule has 0 saturated carbocycles. The Morgan fingerprint density at radius 1 is 1.43 bits per heavy atom. The molecule has 5 nitrogen and oxygen atoms in total. The third kappa shape index (κ3) is 4.01. The monoisotopic (exact) mass is 331 g/mol. The molecule has 3 rings (SSSR count). The fourth-order valence-corrected chi connectivity index (χ4v) is 3.40. The Kier molecular flexibility index (Phi) is 4.81. The number of carbonyl (C=O) groups excluding carboxylic acids is 1. The van der Waals surface area contributed by atoms with Gasteiger partial charge in [-0.25, -0.2) is 9.78 Å². The smallest absolute Gasteiger partial charge is 0.314 e. The van der Waals surface area contributed by atoms with Crippen LogP contribution >= 0.6 is 11.3 Å². The highest BCUT2D eigenvalue weighted by Gasteiger charge is 2.22. The van der Waals surface area contributed by atoms with Gasteiger partial charge < -0.3 is 15.4 Å². The van der Waals surface area contributed by atoms with Gasteiger partial charge in [0.25, 0.3) is 0 Å². The Balaban J connectivity index is 1.39. The van der Waals surface area contributed by atoms with E-state index in [1.807, 2.05) is 31.3 Å². The van der Waals surface area contributed by atoms with Gasteiger partial charge in [0.2, 0.25) is 0 Å². The molecule has 2 amide bonds. The third-order valence-corrected chi connectivity index (χ3v) is 4.98. The Morgan fingerprint density at radius 3 is 3.00 bits per heavy atom. The lowest BCUT2D eigenvalue weighted by Crippen LogP contribution is -2.42. The molecule has 0 spiro atoms. The number of urea groups is 1. The van der Waals surface area contributed by atoms with E-state index in [1.54, 1.807) is 11.3 Å². The SMILES string of the molecule is Cc1cnc([C@@H](C)CNC(=O)NC[C@@H]2Cc3ccccc3O2)s1. The van der Waals surface area contributed by atoms with E-state index in [0.717, 1.165) is 17.2 Å². The topological polar surface area (TPSA) is 63.2 Å². The molecule has 2 atom stereocenters. The van der Waals surface area contributed by atoms with Crippen molar-refractivity contribution in [1.82, 2.24) is 15.6 Å². The highest BCUT2D eigenvalue weighted by atomic mass is 32.1. The molecule has 0 fully saturated rings. The maximum absolute atomic E-state index is 11.9. The third-order valence-electron chi connectivity index (χ3n) is 3.83. The maximum atomic E-state index is 11.9. The quantitative estimate of drug-likeness (QED) is 0.885. The minimum absolute atomic E-state index is 0.0113. The zero-order valence-corrected chi connectivity index (χ0v) is 14.2. The van der Waals surface area contributed by atoms with Crippen LogP contribution < -0.4 is 15.4 Å². The number of fused-ring (bicyclic) bond motifs is 1. The van der Waals surface area contributed by atoms with E-state index >= 15 is 0 Å². The first kappa shape index (κ1) is 15.8. The van der Waals surface area contributed by atoms with Crippen LogP contribution in [0.1, 0.15) is 28.3 Å². The molecule has 1 aromatic heterocycles. The van der Waals surface area contributed by atoms with Gasteiger partial charge in [0.1, 0.15) is 11.9 Å². The molecule has 1 aliphatic heterocycles. The van der Waals surface area contributed by atoms with Crippen molar-refractivity contribution in [2.75, 3.05) is 13.1 Å². The number of rotatable bonds is 5. The molecular weight excluding hydrogens is 310 g/mol. The summed E-state index contributed by atoms with van der Waals surface area (Å²) in [5.41, 5.74) is 1.20. The number of amides is 2. The summed E-state index contributed by atoms with van der Waals surface area (Å²) in [5.74, 6) is 1.14. The van der Waals surface area contributed by atoms with Crippen LogP contribution in [0.25, 0.3) is 0 Å². The second-order valence-electron chi connectivity index (χ2n) is 5.85. The highest BCUT2D eigenvalue weighted by molar-refractivity contribution is 7.11. The number of aromatic nitrogens is 1. The Labute approximate surface area is 140 Å². The van der Waals surface area contributed by atoms with Gasteiger partial charge in [-0.05, 0) is 18.6 Å². The van der Waals surface area contributed by atoms with Gasteiger partial charge in [0, 0.05) is 30.0 Å². The standard InChI is InChI=1S/C17H21N3O2S/c1-11(16-18-9-12(2)23-16)8-19-17(21)20-10-14-7-13-5-3-4-6-15(13)22-14/h3-6,9,11,14H,7-8,10H2,1-2H3,(H2,19,20,21)/t11-,14-/m0/s1. The predicted octanol–water partition coefficient (Wildman–Crippen LogP) is 2.86. The molecule has 0 radical (unpaired) electrons. The molecule has 0 bridgehead atoms. The number of nitrogens with zero attached hydrogens (tertiary/aromatic N) is 1. The van der Waals surface area contributed by atoms with Crippen molar-refractivity contribution >= 4 is 17.4 Å². The van der Waals surface area contributed by atoms with E-state index in [-0.39, 0.29) is 18.1 Å². The lowest BCUT2D eigenvalue weighted by atomic mass is 10.1. The van der Waals surface area contributed by atoms with E-state index in [9.17, 15) is 4.79 Å². The molecule has 2 N–H and O–H groups in total. The number of benzene rings is 1. The minimum Gasteiger partial charge on any atom is -0.488 e. The average molecular weight is 331 g/mol. The lowest BCUT2D eigenvalue weighted by Gasteiger charge is -2.14. The molecule has 122 valence electrons. The minimum atomic E-state index is -0.162. The van der Waals surface area contributed by atoms with Gasteiger partial charge >= 0.3 is 6.03 Å². The van der Waals surface area contributed by atoms with Crippen LogP contribution in [0.5, 0.6) is 5.75 Å². The number of hydrogen-bond acceptors (Lipinski definition) is 4. The molecule has 0 saturated heterocycles.